The highest BCUT2D eigenvalue weighted by Gasteiger charge is 2.33. The number of rotatable bonds is 3. The topological polar surface area (TPSA) is 55.5 Å². The van der Waals surface area contributed by atoms with Gasteiger partial charge in [-0.15, -0.1) is 0 Å². The number of carbonyl (C=O) groups excluding carboxylic acids is 1. The monoisotopic (exact) mass is 333 g/mol. The zero-order valence-corrected chi connectivity index (χ0v) is 15.5. The van der Waals surface area contributed by atoms with E-state index in [4.69, 9.17) is 0 Å². The first-order valence-electron chi connectivity index (χ1n) is 9.10. The second-order valence-electron chi connectivity index (χ2n) is 8.26. The van der Waals surface area contributed by atoms with Crippen molar-refractivity contribution in [3.63, 3.8) is 0 Å². The molecule has 0 radical (unpaired) electrons. The number of amides is 1. The molecule has 2 saturated heterocycles. The van der Waals surface area contributed by atoms with E-state index in [2.05, 4.69) is 52.7 Å². The molecule has 1 aromatic heterocycles. The molecule has 1 amide bonds. The van der Waals surface area contributed by atoms with Gasteiger partial charge in [0.25, 0.3) is 0 Å². The number of H-pyrrole nitrogens is 1. The Hall–Kier alpha value is -1.40. The molecule has 0 aliphatic carbocycles. The minimum atomic E-state index is 0.0800. The van der Waals surface area contributed by atoms with Crippen molar-refractivity contribution in [1.29, 1.82) is 0 Å². The van der Waals surface area contributed by atoms with Crippen molar-refractivity contribution in [2.75, 3.05) is 39.8 Å². The van der Waals surface area contributed by atoms with Gasteiger partial charge in [-0.05, 0) is 26.4 Å². The van der Waals surface area contributed by atoms with Gasteiger partial charge in [0.1, 0.15) is 0 Å². The Kier molecular flexibility index (Phi) is 4.97. The summed E-state index contributed by atoms with van der Waals surface area (Å²) in [6.07, 6.45) is 4.11. The molecule has 1 unspecified atom stereocenters. The predicted molar refractivity (Wildman–Crippen MR) is 94.8 cm³/mol. The predicted octanol–water partition coefficient (Wildman–Crippen LogP) is 1.45. The summed E-state index contributed by atoms with van der Waals surface area (Å²) < 4.78 is 0. The summed E-state index contributed by atoms with van der Waals surface area (Å²) in [4.78, 5) is 19.4. The first-order chi connectivity index (χ1) is 11.4. The molecule has 1 aromatic rings. The highest BCUT2D eigenvalue weighted by atomic mass is 16.2. The largest absolute Gasteiger partial charge is 0.339 e. The van der Waals surface area contributed by atoms with Gasteiger partial charge < -0.3 is 4.90 Å². The van der Waals surface area contributed by atoms with Crippen molar-refractivity contribution in [3.8, 4) is 0 Å². The van der Waals surface area contributed by atoms with Gasteiger partial charge in [0.2, 0.25) is 5.91 Å². The molecule has 0 aromatic carbocycles. The summed E-state index contributed by atoms with van der Waals surface area (Å²) in [5.74, 6) is 0.327. The summed E-state index contributed by atoms with van der Waals surface area (Å²) in [5, 5.41) is 7.39. The van der Waals surface area contributed by atoms with E-state index < -0.39 is 0 Å². The fourth-order valence-electron chi connectivity index (χ4n) is 3.88. The minimum absolute atomic E-state index is 0.0800. The van der Waals surface area contributed by atoms with Crippen LogP contribution in [-0.4, -0.2) is 76.6 Å². The van der Waals surface area contributed by atoms with E-state index >= 15 is 0 Å². The first-order valence-corrected chi connectivity index (χ1v) is 9.10. The molecule has 24 heavy (non-hydrogen) atoms. The number of nitrogens with one attached hydrogen (secondary N) is 1. The molecule has 2 aliphatic rings. The number of likely N-dealkylation sites (N-methyl/N-ethyl adjacent to an activating group) is 1. The smallest absolute Gasteiger partial charge is 0.240 e. The molecule has 0 spiro atoms. The van der Waals surface area contributed by atoms with Crippen molar-refractivity contribution in [3.05, 3.63) is 17.5 Å². The number of hydrogen-bond acceptors (Lipinski definition) is 4. The van der Waals surface area contributed by atoms with Crippen LogP contribution in [0.2, 0.25) is 0 Å². The van der Waals surface area contributed by atoms with Gasteiger partial charge in [0.15, 0.2) is 0 Å². The van der Waals surface area contributed by atoms with Crippen LogP contribution >= 0.6 is 0 Å². The summed E-state index contributed by atoms with van der Waals surface area (Å²) >= 11 is 0. The Morgan fingerprint density at radius 2 is 1.96 bits per heavy atom. The second kappa shape index (κ2) is 6.84. The van der Waals surface area contributed by atoms with Crippen LogP contribution in [0, 0.1) is 0 Å². The third-order valence-corrected chi connectivity index (χ3v) is 5.35. The molecule has 1 N–H and O–H groups in total. The van der Waals surface area contributed by atoms with Gasteiger partial charge in [-0.25, -0.2) is 0 Å². The number of carbonyl (C=O) groups is 1. The lowest BCUT2D eigenvalue weighted by Crippen LogP contribution is -2.53. The van der Waals surface area contributed by atoms with E-state index in [1.807, 2.05) is 6.20 Å². The van der Waals surface area contributed by atoms with Gasteiger partial charge in [-0.3, -0.25) is 19.7 Å². The van der Waals surface area contributed by atoms with Crippen LogP contribution in [0.5, 0.6) is 0 Å². The van der Waals surface area contributed by atoms with Crippen molar-refractivity contribution in [1.82, 2.24) is 24.9 Å². The van der Waals surface area contributed by atoms with Crippen LogP contribution in [0.25, 0.3) is 0 Å². The normalized spacial score (nSPS) is 23.8. The highest BCUT2D eigenvalue weighted by Crippen LogP contribution is 2.25. The molecule has 3 rings (SSSR count). The average Bonchev–Trinajstić information content (AvgIpc) is 3.16. The summed E-state index contributed by atoms with van der Waals surface area (Å²) in [5.41, 5.74) is 2.57. The third-order valence-electron chi connectivity index (χ3n) is 5.35. The number of hydrogen-bond donors (Lipinski definition) is 1. The van der Waals surface area contributed by atoms with Crippen molar-refractivity contribution < 1.29 is 4.79 Å². The maximum absolute atomic E-state index is 12.7. The van der Waals surface area contributed by atoms with Gasteiger partial charge in [-0.2, -0.15) is 5.10 Å². The second-order valence-corrected chi connectivity index (χ2v) is 8.26. The van der Waals surface area contributed by atoms with E-state index in [1.54, 1.807) is 0 Å². The standard InChI is InChI=1S/C18H31N5O/c1-18(2,3)16-14(12-19-20-16)13-22-8-10-23(11-9-22)17(24)15-6-5-7-21(15)4/h12,15H,5-11,13H2,1-4H3,(H,19,20). The molecule has 3 heterocycles. The van der Waals surface area contributed by atoms with Crippen LogP contribution in [0.3, 0.4) is 0 Å². The fraction of sp³-hybridized carbons (Fsp3) is 0.778. The van der Waals surface area contributed by atoms with E-state index in [0.29, 0.717) is 5.91 Å². The SMILES string of the molecule is CN1CCCC1C(=O)N1CCN(Cc2cn[nH]c2C(C)(C)C)CC1. The van der Waals surface area contributed by atoms with Gasteiger partial charge in [-0.1, -0.05) is 20.8 Å². The number of aromatic nitrogens is 2. The molecular weight excluding hydrogens is 302 g/mol. The number of aromatic amines is 1. The maximum Gasteiger partial charge on any atom is 0.240 e. The first kappa shape index (κ1) is 17.4. The number of piperazine rings is 1. The third kappa shape index (κ3) is 3.64. The lowest BCUT2D eigenvalue weighted by atomic mass is 9.89. The number of nitrogens with zero attached hydrogens (tertiary/aromatic N) is 4. The summed E-state index contributed by atoms with van der Waals surface area (Å²) in [6.45, 7) is 12.1. The van der Waals surface area contributed by atoms with Gasteiger partial charge in [0.05, 0.1) is 12.2 Å². The lowest BCUT2D eigenvalue weighted by molar-refractivity contribution is -0.137. The van der Waals surface area contributed by atoms with Crippen molar-refractivity contribution in [2.45, 2.75) is 51.6 Å². The molecule has 2 aliphatic heterocycles. The zero-order valence-electron chi connectivity index (χ0n) is 15.5. The fourth-order valence-corrected chi connectivity index (χ4v) is 3.88. The molecule has 2 fully saturated rings. The van der Waals surface area contributed by atoms with Crippen LogP contribution in [0.4, 0.5) is 0 Å². The molecule has 6 heteroatoms. The quantitative estimate of drug-likeness (QED) is 0.909. The molecule has 0 bridgehead atoms. The van der Waals surface area contributed by atoms with Gasteiger partial charge >= 0.3 is 0 Å². The molecule has 6 nitrogen and oxygen atoms in total. The Morgan fingerprint density at radius 3 is 2.54 bits per heavy atom. The molecule has 0 saturated carbocycles. The Bertz CT molecular complexity index is 568. The molecular formula is C18H31N5O. The summed E-state index contributed by atoms with van der Waals surface area (Å²) in [7, 11) is 2.07. The van der Waals surface area contributed by atoms with Crippen LogP contribution in [0.1, 0.15) is 44.9 Å². The highest BCUT2D eigenvalue weighted by molar-refractivity contribution is 5.82. The van der Waals surface area contributed by atoms with Crippen LogP contribution in [0.15, 0.2) is 6.20 Å². The van der Waals surface area contributed by atoms with Gasteiger partial charge in [0, 0.05) is 49.4 Å². The Balaban J connectivity index is 1.54. The maximum atomic E-state index is 12.7. The van der Waals surface area contributed by atoms with Crippen molar-refractivity contribution >= 4 is 5.91 Å². The average molecular weight is 333 g/mol. The van der Waals surface area contributed by atoms with E-state index in [0.717, 1.165) is 52.1 Å². The summed E-state index contributed by atoms with van der Waals surface area (Å²) in [6, 6.07) is 0.109. The van der Waals surface area contributed by atoms with E-state index in [1.165, 1.54) is 11.3 Å². The van der Waals surface area contributed by atoms with E-state index in [-0.39, 0.29) is 11.5 Å². The Morgan fingerprint density at radius 1 is 1.25 bits per heavy atom. The van der Waals surface area contributed by atoms with Crippen LogP contribution in [-0.2, 0) is 16.8 Å². The Labute approximate surface area is 145 Å². The number of likely N-dealkylation sites (tertiary alicyclic amines) is 1. The lowest BCUT2D eigenvalue weighted by Gasteiger charge is -2.37. The van der Waals surface area contributed by atoms with Crippen molar-refractivity contribution in [2.24, 2.45) is 0 Å². The zero-order chi connectivity index (χ0) is 17.3. The van der Waals surface area contributed by atoms with E-state index in [9.17, 15) is 4.79 Å². The minimum Gasteiger partial charge on any atom is -0.339 e. The molecule has 134 valence electrons. The van der Waals surface area contributed by atoms with Crippen LogP contribution < -0.4 is 0 Å². The molecule has 1 atom stereocenters.